The van der Waals surface area contributed by atoms with Gasteiger partial charge in [-0.2, -0.15) is 0 Å². The number of aliphatic hydroxyl groups excluding tert-OH is 1. The summed E-state index contributed by atoms with van der Waals surface area (Å²) < 4.78 is 20.2. The summed E-state index contributed by atoms with van der Waals surface area (Å²) in [5.74, 6) is -0.821. The van der Waals surface area contributed by atoms with Gasteiger partial charge >= 0.3 is 11.7 Å². The van der Waals surface area contributed by atoms with Crippen molar-refractivity contribution in [2.24, 2.45) is 5.92 Å². The van der Waals surface area contributed by atoms with Gasteiger partial charge in [0.2, 0.25) is 0 Å². The van der Waals surface area contributed by atoms with E-state index in [4.69, 9.17) is 14.2 Å². The Morgan fingerprint density at radius 2 is 1.65 bits per heavy atom. The van der Waals surface area contributed by atoms with Crippen molar-refractivity contribution in [3.63, 3.8) is 0 Å². The number of hydrogen-bond donors (Lipinski definition) is 3. The molecule has 2 aliphatic heterocycles. The number of H-pyrrole nitrogens is 1. The monoisotopic (exact) mass is 656 g/mol. The van der Waals surface area contributed by atoms with E-state index in [1.165, 1.54) is 13.8 Å². The number of fused-ring (bicyclic) bond motifs is 1. The Labute approximate surface area is 279 Å². The number of amides is 1. The number of nitrogens with one attached hydrogen (secondary N) is 2. The number of aromatic amines is 1. The quantitative estimate of drug-likeness (QED) is 0.212. The molecule has 48 heavy (non-hydrogen) atoms. The second kappa shape index (κ2) is 14.9. The van der Waals surface area contributed by atoms with Gasteiger partial charge in [0, 0.05) is 50.6 Å². The molecule has 0 saturated carbocycles. The van der Waals surface area contributed by atoms with Crippen LogP contribution in [0.4, 0.5) is 0 Å². The number of carbonyl (C=O) groups excluding carboxylic acids is 2. The highest BCUT2D eigenvalue weighted by Gasteiger charge is 2.39. The van der Waals surface area contributed by atoms with Crippen LogP contribution in [0.5, 0.6) is 0 Å². The Hall–Kier alpha value is -4.29. The van der Waals surface area contributed by atoms with Crippen LogP contribution >= 0.6 is 0 Å². The normalized spacial score (nSPS) is 22.8. The van der Waals surface area contributed by atoms with Crippen molar-refractivity contribution in [1.29, 1.82) is 0 Å². The third kappa shape index (κ3) is 7.55. The molecule has 3 N–H and O–H groups in total. The molecule has 2 fully saturated rings. The molecule has 0 spiro atoms. The molecule has 0 radical (unpaired) electrons. The fraction of sp³-hybridized carbons (Fsp3) is 0.432. The molecule has 11 nitrogen and oxygen atoms in total. The van der Waals surface area contributed by atoms with E-state index < -0.39 is 18.4 Å². The van der Waals surface area contributed by atoms with E-state index in [9.17, 15) is 19.5 Å². The molecule has 5 atom stereocenters. The van der Waals surface area contributed by atoms with Gasteiger partial charge in [-0.3, -0.25) is 14.2 Å². The summed E-state index contributed by atoms with van der Waals surface area (Å²) in [4.78, 5) is 41.7. The molecule has 254 valence electrons. The molecule has 11 heteroatoms. The lowest BCUT2D eigenvalue weighted by molar-refractivity contribution is -0.276. The van der Waals surface area contributed by atoms with Crippen LogP contribution in [0.3, 0.4) is 0 Å². The summed E-state index contributed by atoms with van der Waals surface area (Å²) in [7, 11) is 0. The number of likely N-dealkylation sites (tertiary alicyclic amines) is 1. The Balaban J connectivity index is 1.14. The van der Waals surface area contributed by atoms with Crippen LogP contribution in [-0.4, -0.2) is 63.3 Å². The number of rotatable bonds is 10. The van der Waals surface area contributed by atoms with E-state index in [2.05, 4.69) is 22.1 Å². The van der Waals surface area contributed by atoms with Crippen molar-refractivity contribution in [1.82, 2.24) is 19.8 Å². The lowest BCUT2D eigenvalue weighted by Crippen LogP contribution is -2.47. The molecule has 4 aromatic rings. The number of carbonyl (C=O) groups is 2. The lowest BCUT2D eigenvalue weighted by atomic mass is 9.89. The van der Waals surface area contributed by atoms with E-state index in [0.717, 1.165) is 65.8 Å². The highest BCUT2D eigenvalue weighted by atomic mass is 16.7. The van der Waals surface area contributed by atoms with Crippen molar-refractivity contribution in [3.8, 4) is 0 Å². The van der Waals surface area contributed by atoms with Crippen LogP contribution in [-0.2, 0) is 37.0 Å². The molecule has 0 aliphatic carbocycles. The number of para-hydroxylation sites is 2. The number of hydrogen-bond acceptors (Lipinski definition) is 8. The molecule has 1 amide bonds. The van der Waals surface area contributed by atoms with Gasteiger partial charge < -0.3 is 34.5 Å². The molecule has 3 heterocycles. The Kier molecular flexibility index (Phi) is 10.4. The average molecular weight is 657 g/mol. The van der Waals surface area contributed by atoms with Crippen LogP contribution in [0.1, 0.15) is 74.3 Å². The number of esters is 1. The standard InChI is InChI=1S/C37H44N4O7/c1-23-33(21-40-18-16-30(17-19-40)41-32-7-5-4-6-31(32)39-37(41)45)47-36(48-34(23)28-12-10-27(22-42)11-13-28)29-14-8-26(9-15-29)20-38-35(44)24(2)46-25(3)43/h4-15,23-24,30,33-34,36,42H,16-22H2,1-3H3,(H,38,44)(H,39,45). The minimum Gasteiger partial charge on any atom is -0.453 e. The molecule has 1 aromatic heterocycles. The van der Waals surface area contributed by atoms with Gasteiger partial charge in [0.15, 0.2) is 12.4 Å². The number of aliphatic hydroxyl groups is 1. The number of ether oxygens (including phenoxy) is 3. The first-order chi connectivity index (χ1) is 23.2. The van der Waals surface area contributed by atoms with E-state index in [0.29, 0.717) is 0 Å². The average Bonchev–Trinajstić information content (AvgIpc) is 3.44. The maximum absolute atomic E-state index is 12.8. The smallest absolute Gasteiger partial charge is 0.326 e. The maximum atomic E-state index is 12.8. The molecular weight excluding hydrogens is 612 g/mol. The van der Waals surface area contributed by atoms with Crippen LogP contribution in [0, 0.1) is 5.92 Å². The highest BCUT2D eigenvalue weighted by molar-refractivity contribution is 5.82. The minimum absolute atomic E-state index is 0.0220. The van der Waals surface area contributed by atoms with Crippen molar-refractivity contribution in [2.75, 3.05) is 19.6 Å². The molecule has 2 aliphatic rings. The SMILES string of the molecule is CC(=O)OC(C)C(=O)NCc1ccc(C2OC(CN3CCC(n4c(=O)[nH]c5ccccc54)CC3)C(C)C(c3ccc(CO)cc3)O2)cc1. The van der Waals surface area contributed by atoms with Gasteiger partial charge in [0.05, 0.1) is 29.8 Å². The van der Waals surface area contributed by atoms with Crippen LogP contribution in [0.2, 0.25) is 0 Å². The number of aromatic nitrogens is 2. The summed E-state index contributed by atoms with van der Waals surface area (Å²) in [6, 6.07) is 23.6. The topological polar surface area (TPSA) is 135 Å². The van der Waals surface area contributed by atoms with Crippen LogP contribution in [0.15, 0.2) is 77.6 Å². The van der Waals surface area contributed by atoms with Gasteiger partial charge in [-0.1, -0.05) is 67.6 Å². The first-order valence-corrected chi connectivity index (χ1v) is 16.7. The zero-order chi connectivity index (χ0) is 33.8. The fourth-order valence-corrected chi connectivity index (χ4v) is 6.81. The molecular formula is C37H44N4O7. The summed E-state index contributed by atoms with van der Waals surface area (Å²) in [5, 5.41) is 12.4. The highest BCUT2D eigenvalue weighted by Crippen LogP contribution is 2.42. The number of piperidine rings is 1. The zero-order valence-electron chi connectivity index (χ0n) is 27.6. The van der Waals surface area contributed by atoms with Gasteiger partial charge in [0.1, 0.15) is 0 Å². The molecule has 6 rings (SSSR count). The minimum atomic E-state index is -0.865. The third-order valence-electron chi connectivity index (χ3n) is 9.54. The van der Waals surface area contributed by atoms with Crippen molar-refractivity contribution in [2.45, 2.75) is 77.4 Å². The Morgan fingerprint density at radius 3 is 2.33 bits per heavy atom. The van der Waals surface area contributed by atoms with Crippen LogP contribution < -0.4 is 11.0 Å². The predicted molar refractivity (Wildman–Crippen MR) is 180 cm³/mol. The van der Waals surface area contributed by atoms with Gasteiger partial charge in [-0.25, -0.2) is 4.79 Å². The largest absolute Gasteiger partial charge is 0.453 e. The molecule has 2 saturated heterocycles. The van der Waals surface area contributed by atoms with E-state index in [1.54, 1.807) is 0 Å². The summed E-state index contributed by atoms with van der Waals surface area (Å²) in [6.07, 6.45) is -0.0937. The third-order valence-corrected chi connectivity index (χ3v) is 9.54. The Morgan fingerprint density at radius 1 is 0.979 bits per heavy atom. The van der Waals surface area contributed by atoms with Gasteiger partial charge in [-0.05, 0) is 48.6 Å². The van der Waals surface area contributed by atoms with E-state index >= 15 is 0 Å². The summed E-state index contributed by atoms with van der Waals surface area (Å²) >= 11 is 0. The van der Waals surface area contributed by atoms with Crippen molar-refractivity contribution < 1.29 is 28.9 Å². The Bertz CT molecular complexity index is 1760. The second-order valence-corrected chi connectivity index (χ2v) is 12.9. The number of imidazole rings is 1. The molecule has 5 unspecified atom stereocenters. The van der Waals surface area contributed by atoms with E-state index in [1.807, 2.05) is 77.4 Å². The fourth-order valence-electron chi connectivity index (χ4n) is 6.81. The number of benzene rings is 3. The van der Waals surface area contributed by atoms with E-state index in [-0.39, 0.29) is 48.9 Å². The maximum Gasteiger partial charge on any atom is 0.326 e. The predicted octanol–water partition coefficient (Wildman–Crippen LogP) is 4.52. The van der Waals surface area contributed by atoms with Gasteiger partial charge in [-0.15, -0.1) is 0 Å². The number of nitrogens with zero attached hydrogens (tertiary/aromatic N) is 2. The summed E-state index contributed by atoms with van der Waals surface area (Å²) in [6.45, 7) is 7.66. The molecule has 3 aromatic carbocycles. The lowest BCUT2D eigenvalue weighted by Gasteiger charge is -2.44. The second-order valence-electron chi connectivity index (χ2n) is 12.9. The summed E-state index contributed by atoms with van der Waals surface area (Å²) in [5.41, 5.74) is 5.38. The van der Waals surface area contributed by atoms with Crippen molar-refractivity contribution >= 4 is 22.9 Å². The first-order valence-electron chi connectivity index (χ1n) is 16.7. The van der Waals surface area contributed by atoms with Crippen molar-refractivity contribution in [3.05, 3.63) is 106 Å². The van der Waals surface area contributed by atoms with Gasteiger partial charge in [0.25, 0.3) is 5.91 Å². The zero-order valence-corrected chi connectivity index (χ0v) is 27.6. The molecule has 0 bridgehead atoms. The van der Waals surface area contributed by atoms with Crippen LogP contribution in [0.25, 0.3) is 11.0 Å². The first kappa shape index (κ1) is 33.6.